The van der Waals surface area contributed by atoms with Crippen molar-refractivity contribution in [1.29, 1.82) is 0 Å². The van der Waals surface area contributed by atoms with Gasteiger partial charge in [-0.25, -0.2) is 0 Å². The maximum absolute atomic E-state index is 5.90. The van der Waals surface area contributed by atoms with E-state index in [1.807, 2.05) is 13.8 Å². The van der Waals surface area contributed by atoms with Gasteiger partial charge < -0.3 is 18.9 Å². The first-order valence-corrected chi connectivity index (χ1v) is 10.2. The zero-order valence-corrected chi connectivity index (χ0v) is 17.7. The quantitative estimate of drug-likeness (QED) is 0.376. The molecule has 4 nitrogen and oxygen atoms in total. The maximum Gasteiger partial charge on any atom is 0.207 e. The standard InChI is InChI=1S/C22H38O4/c1-7-17(4)14-12-10-11-13-15-18-16-19(25-8-2)21(23-5)22(24-6)20(18)26-9-3/h16-17H,7-15H2,1-6H3. The van der Waals surface area contributed by atoms with Crippen LogP contribution in [-0.2, 0) is 6.42 Å². The van der Waals surface area contributed by atoms with Crippen LogP contribution in [0.5, 0.6) is 23.0 Å². The molecule has 0 spiro atoms. The van der Waals surface area contributed by atoms with E-state index in [4.69, 9.17) is 18.9 Å². The van der Waals surface area contributed by atoms with Crippen molar-refractivity contribution >= 4 is 0 Å². The fourth-order valence-electron chi connectivity index (χ4n) is 3.15. The summed E-state index contributed by atoms with van der Waals surface area (Å²) >= 11 is 0. The van der Waals surface area contributed by atoms with Crippen molar-refractivity contribution in [2.45, 2.75) is 72.6 Å². The molecular weight excluding hydrogens is 328 g/mol. The van der Waals surface area contributed by atoms with Crippen molar-refractivity contribution in [3.05, 3.63) is 11.6 Å². The molecule has 1 atom stereocenters. The van der Waals surface area contributed by atoms with Crippen molar-refractivity contribution in [2.75, 3.05) is 27.4 Å². The normalized spacial score (nSPS) is 11.9. The van der Waals surface area contributed by atoms with Gasteiger partial charge in [0.15, 0.2) is 11.5 Å². The number of aryl methyl sites for hydroxylation is 1. The van der Waals surface area contributed by atoms with Gasteiger partial charge in [0.25, 0.3) is 0 Å². The largest absolute Gasteiger partial charge is 0.490 e. The molecule has 1 unspecified atom stereocenters. The zero-order valence-electron chi connectivity index (χ0n) is 17.7. The minimum absolute atomic E-state index is 0.586. The van der Waals surface area contributed by atoms with E-state index in [0.29, 0.717) is 24.7 Å². The molecular formula is C22H38O4. The van der Waals surface area contributed by atoms with Gasteiger partial charge in [-0.2, -0.15) is 0 Å². The number of benzene rings is 1. The highest BCUT2D eigenvalue weighted by Gasteiger charge is 2.21. The van der Waals surface area contributed by atoms with Gasteiger partial charge in [-0.1, -0.05) is 46.0 Å². The molecule has 0 aliphatic rings. The summed E-state index contributed by atoms with van der Waals surface area (Å²) in [5.41, 5.74) is 1.13. The second-order valence-corrected chi connectivity index (χ2v) is 6.76. The van der Waals surface area contributed by atoms with Crippen LogP contribution in [-0.4, -0.2) is 27.4 Å². The van der Waals surface area contributed by atoms with Crippen molar-refractivity contribution < 1.29 is 18.9 Å². The topological polar surface area (TPSA) is 36.9 Å². The third kappa shape index (κ3) is 6.62. The SMILES string of the molecule is CCOc1cc(CCCCCCC(C)CC)c(OCC)c(OC)c1OC. The zero-order chi connectivity index (χ0) is 19.4. The molecule has 0 saturated heterocycles. The Balaban J connectivity index is 2.82. The second kappa shape index (κ2) is 12.7. The summed E-state index contributed by atoms with van der Waals surface area (Å²) in [7, 11) is 3.28. The lowest BCUT2D eigenvalue weighted by Crippen LogP contribution is -2.05. The summed E-state index contributed by atoms with van der Waals surface area (Å²) < 4.78 is 22.8. The van der Waals surface area contributed by atoms with E-state index in [0.717, 1.165) is 35.8 Å². The summed E-state index contributed by atoms with van der Waals surface area (Å²) in [4.78, 5) is 0. The molecule has 150 valence electrons. The molecule has 0 aliphatic heterocycles. The molecule has 1 aromatic carbocycles. The summed E-state index contributed by atoms with van der Waals surface area (Å²) in [6.07, 6.45) is 8.57. The lowest BCUT2D eigenvalue weighted by molar-refractivity contribution is 0.274. The number of hydrogen-bond acceptors (Lipinski definition) is 4. The van der Waals surface area contributed by atoms with Crippen LogP contribution in [0.15, 0.2) is 6.07 Å². The van der Waals surface area contributed by atoms with E-state index >= 15 is 0 Å². The van der Waals surface area contributed by atoms with Gasteiger partial charge in [-0.15, -0.1) is 0 Å². The fourth-order valence-corrected chi connectivity index (χ4v) is 3.15. The number of ether oxygens (including phenoxy) is 4. The average molecular weight is 367 g/mol. The number of hydrogen-bond donors (Lipinski definition) is 0. The predicted molar refractivity (Wildman–Crippen MR) is 108 cm³/mol. The third-order valence-corrected chi connectivity index (χ3v) is 4.82. The van der Waals surface area contributed by atoms with Gasteiger partial charge >= 0.3 is 0 Å². The van der Waals surface area contributed by atoms with Gasteiger partial charge in [0.05, 0.1) is 27.4 Å². The monoisotopic (exact) mass is 366 g/mol. The van der Waals surface area contributed by atoms with Crippen molar-refractivity contribution in [1.82, 2.24) is 0 Å². The van der Waals surface area contributed by atoms with Gasteiger partial charge in [-0.05, 0) is 38.7 Å². The van der Waals surface area contributed by atoms with Crippen LogP contribution in [0, 0.1) is 5.92 Å². The van der Waals surface area contributed by atoms with Gasteiger partial charge in [0.2, 0.25) is 11.5 Å². The van der Waals surface area contributed by atoms with E-state index in [1.54, 1.807) is 14.2 Å². The molecule has 0 aromatic heterocycles. The average Bonchev–Trinajstić information content (AvgIpc) is 2.65. The summed E-state index contributed by atoms with van der Waals surface area (Å²) in [6.45, 7) is 9.75. The molecule has 0 aliphatic carbocycles. The summed E-state index contributed by atoms with van der Waals surface area (Å²) in [5, 5.41) is 0. The minimum Gasteiger partial charge on any atom is -0.490 e. The van der Waals surface area contributed by atoms with Crippen LogP contribution in [0.25, 0.3) is 0 Å². The van der Waals surface area contributed by atoms with Gasteiger partial charge in [-0.3, -0.25) is 0 Å². The van der Waals surface area contributed by atoms with E-state index in [2.05, 4.69) is 19.9 Å². The molecule has 0 bridgehead atoms. The molecule has 0 fully saturated rings. The number of unbranched alkanes of at least 4 members (excludes halogenated alkanes) is 3. The maximum atomic E-state index is 5.90. The Labute approximate surface area is 160 Å². The van der Waals surface area contributed by atoms with Crippen molar-refractivity contribution in [3.63, 3.8) is 0 Å². The Hall–Kier alpha value is -1.58. The highest BCUT2D eigenvalue weighted by atomic mass is 16.5. The number of methoxy groups -OCH3 is 2. The highest BCUT2D eigenvalue weighted by molar-refractivity contribution is 5.63. The second-order valence-electron chi connectivity index (χ2n) is 6.76. The van der Waals surface area contributed by atoms with E-state index in [-0.39, 0.29) is 0 Å². The minimum atomic E-state index is 0.586. The van der Waals surface area contributed by atoms with Crippen molar-refractivity contribution in [2.24, 2.45) is 5.92 Å². The Kier molecular flexibility index (Phi) is 11.0. The summed E-state index contributed by atoms with van der Waals surface area (Å²) in [5.74, 6) is 3.60. The Morgan fingerprint density at radius 1 is 0.808 bits per heavy atom. The van der Waals surface area contributed by atoms with Crippen LogP contribution in [0.2, 0.25) is 0 Å². The van der Waals surface area contributed by atoms with Gasteiger partial charge in [0, 0.05) is 5.56 Å². The summed E-state index contributed by atoms with van der Waals surface area (Å²) in [6, 6.07) is 2.05. The molecule has 0 radical (unpaired) electrons. The molecule has 1 rings (SSSR count). The van der Waals surface area contributed by atoms with Crippen LogP contribution >= 0.6 is 0 Å². The van der Waals surface area contributed by atoms with Gasteiger partial charge in [0.1, 0.15) is 0 Å². The van der Waals surface area contributed by atoms with E-state index in [9.17, 15) is 0 Å². The molecule has 0 heterocycles. The highest BCUT2D eigenvalue weighted by Crippen LogP contribution is 2.47. The van der Waals surface area contributed by atoms with Crippen LogP contribution in [0.1, 0.15) is 71.8 Å². The first-order chi connectivity index (χ1) is 12.6. The lowest BCUT2D eigenvalue weighted by Gasteiger charge is -2.20. The first-order valence-electron chi connectivity index (χ1n) is 10.2. The predicted octanol–water partition coefficient (Wildman–Crippen LogP) is 6.04. The molecule has 1 aromatic rings. The molecule has 0 saturated carbocycles. The Morgan fingerprint density at radius 2 is 1.46 bits per heavy atom. The number of rotatable bonds is 14. The van der Waals surface area contributed by atoms with Crippen LogP contribution in [0.3, 0.4) is 0 Å². The first kappa shape index (κ1) is 22.5. The van der Waals surface area contributed by atoms with E-state index < -0.39 is 0 Å². The fraction of sp³-hybridized carbons (Fsp3) is 0.727. The molecule has 0 N–H and O–H groups in total. The Bertz CT molecular complexity index is 513. The molecule has 0 amide bonds. The smallest absolute Gasteiger partial charge is 0.207 e. The van der Waals surface area contributed by atoms with Crippen LogP contribution in [0.4, 0.5) is 0 Å². The Morgan fingerprint density at radius 3 is 2.04 bits per heavy atom. The van der Waals surface area contributed by atoms with Crippen LogP contribution < -0.4 is 18.9 Å². The lowest BCUT2D eigenvalue weighted by atomic mass is 9.99. The van der Waals surface area contributed by atoms with Crippen molar-refractivity contribution in [3.8, 4) is 23.0 Å². The third-order valence-electron chi connectivity index (χ3n) is 4.82. The molecule has 4 heteroatoms. The molecule has 26 heavy (non-hydrogen) atoms. The van der Waals surface area contributed by atoms with E-state index in [1.165, 1.54) is 32.1 Å².